The van der Waals surface area contributed by atoms with Crippen LogP contribution in [0, 0.1) is 12.7 Å². The van der Waals surface area contributed by atoms with E-state index in [4.69, 9.17) is 5.73 Å². The molecule has 9 heteroatoms. The monoisotopic (exact) mass is 386 g/mol. The fourth-order valence-corrected chi connectivity index (χ4v) is 2.90. The number of hydrogen-bond donors (Lipinski definition) is 1. The van der Waals surface area contributed by atoms with Crippen LogP contribution in [-0.2, 0) is 7.05 Å². The summed E-state index contributed by atoms with van der Waals surface area (Å²) in [7, 11) is 1.66. The van der Waals surface area contributed by atoms with Crippen molar-refractivity contribution in [3.05, 3.63) is 64.6 Å². The van der Waals surface area contributed by atoms with E-state index < -0.39 is 0 Å². The molecule has 0 radical (unpaired) electrons. The van der Waals surface area contributed by atoms with E-state index in [-0.39, 0.29) is 29.6 Å². The van der Waals surface area contributed by atoms with Crippen molar-refractivity contribution in [3.63, 3.8) is 0 Å². The Balaban J connectivity index is 0.00000210. The molecule has 27 heavy (non-hydrogen) atoms. The van der Waals surface area contributed by atoms with E-state index in [9.17, 15) is 9.18 Å². The van der Waals surface area contributed by atoms with Gasteiger partial charge in [0, 0.05) is 24.9 Å². The summed E-state index contributed by atoms with van der Waals surface area (Å²) in [5, 5.41) is 0. The van der Waals surface area contributed by atoms with Gasteiger partial charge in [0.15, 0.2) is 17.0 Å². The fourth-order valence-electron chi connectivity index (χ4n) is 2.90. The summed E-state index contributed by atoms with van der Waals surface area (Å²) in [6.45, 7) is 1.82. The minimum absolute atomic E-state index is 0. The van der Waals surface area contributed by atoms with E-state index in [0.29, 0.717) is 28.2 Å². The van der Waals surface area contributed by atoms with Gasteiger partial charge < -0.3 is 10.3 Å². The first-order valence-electron chi connectivity index (χ1n) is 7.88. The SMILES string of the molecule is Cc1cc(=O)n(C)cc1-n1c(-c2cccc(F)c2)nc2c(N)ncnc21.Cl. The zero-order valence-electron chi connectivity index (χ0n) is 14.5. The van der Waals surface area contributed by atoms with Gasteiger partial charge in [-0.3, -0.25) is 9.36 Å². The molecule has 0 saturated carbocycles. The number of nitrogens with two attached hydrogens (primary N) is 1. The highest BCUT2D eigenvalue weighted by Crippen LogP contribution is 2.30. The zero-order chi connectivity index (χ0) is 18.4. The molecule has 0 spiro atoms. The van der Waals surface area contributed by atoms with E-state index >= 15 is 0 Å². The van der Waals surface area contributed by atoms with Gasteiger partial charge in [0.1, 0.15) is 18.0 Å². The maximum absolute atomic E-state index is 13.8. The van der Waals surface area contributed by atoms with Crippen molar-refractivity contribution in [1.29, 1.82) is 0 Å². The minimum atomic E-state index is -0.377. The number of imidazole rings is 1. The highest BCUT2D eigenvalue weighted by Gasteiger charge is 2.19. The number of halogens is 2. The van der Waals surface area contributed by atoms with E-state index in [0.717, 1.165) is 5.56 Å². The summed E-state index contributed by atoms with van der Waals surface area (Å²) >= 11 is 0. The molecular weight excluding hydrogens is 371 g/mol. The molecule has 1 aromatic carbocycles. The van der Waals surface area contributed by atoms with E-state index in [1.807, 2.05) is 6.92 Å². The predicted octanol–water partition coefficient (Wildman–Crippen LogP) is 2.63. The Morgan fingerprint density at radius 1 is 1.19 bits per heavy atom. The van der Waals surface area contributed by atoms with Crippen LogP contribution in [0.3, 0.4) is 0 Å². The number of anilines is 1. The maximum Gasteiger partial charge on any atom is 0.250 e. The molecule has 4 aromatic rings. The lowest BCUT2D eigenvalue weighted by molar-refractivity contribution is 0.628. The number of pyridine rings is 1. The third-order valence-electron chi connectivity index (χ3n) is 4.20. The summed E-state index contributed by atoms with van der Waals surface area (Å²) in [5.41, 5.74) is 8.74. The van der Waals surface area contributed by atoms with E-state index in [2.05, 4.69) is 15.0 Å². The van der Waals surface area contributed by atoms with Crippen LogP contribution in [0.15, 0.2) is 47.7 Å². The number of hydrogen-bond acceptors (Lipinski definition) is 5. The molecule has 0 unspecified atom stereocenters. The number of benzene rings is 1. The van der Waals surface area contributed by atoms with Crippen LogP contribution in [0.1, 0.15) is 5.56 Å². The van der Waals surface area contributed by atoms with Crippen molar-refractivity contribution < 1.29 is 4.39 Å². The fraction of sp³-hybridized carbons (Fsp3) is 0.111. The van der Waals surface area contributed by atoms with Gasteiger partial charge in [-0.15, -0.1) is 12.4 Å². The normalized spacial score (nSPS) is 10.8. The highest BCUT2D eigenvalue weighted by molar-refractivity contribution is 5.87. The molecule has 0 aliphatic carbocycles. The highest BCUT2D eigenvalue weighted by atomic mass is 35.5. The Bertz CT molecular complexity index is 1220. The van der Waals surface area contributed by atoms with Crippen molar-refractivity contribution in [3.8, 4) is 17.1 Å². The van der Waals surface area contributed by atoms with Crippen molar-refractivity contribution in [2.75, 3.05) is 5.73 Å². The third kappa shape index (κ3) is 3.04. The molecule has 0 atom stereocenters. The maximum atomic E-state index is 13.8. The molecular formula is C18H16ClFN6O. The van der Waals surface area contributed by atoms with Crippen LogP contribution in [0.5, 0.6) is 0 Å². The molecule has 0 saturated heterocycles. The first-order chi connectivity index (χ1) is 12.5. The van der Waals surface area contributed by atoms with Gasteiger partial charge in [-0.1, -0.05) is 12.1 Å². The van der Waals surface area contributed by atoms with E-state index in [1.165, 1.54) is 29.1 Å². The number of rotatable bonds is 2. The average Bonchev–Trinajstić information content (AvgIpc) is 2.99. The summed E-state index contributed by atoms with van der Waals surface area (Å²) < 4.78 is 17.0. The van der Waals surface area contributed by atoms with Crippen LogP contribution in [0.4, 0.5) is 10.2 Å². The second kappa shape index (κ2) is 6.81. The average molecular weight is 387 g/mol. The van der Waals surface area contributed by atoms with Gasteiger partial charge in [-0.2, -0.15) is 0 Å². The van der Waals surface area contributed by atoms with Gasteiger partial charge in [0.2, 0.25) is 0 Å². The molecule has 7 nitrogen and oxygen atoms in total. The molecule has 0 aliphatic rings. The Morgan fingerprint density at radius 3 is 2.70 bits per heavy atom. The molecule has 0 amide bonds. The molecule has 4 rings (SSSR count). The van der Waals surface area contributed by atoms with Crippen LogP contribution in [-0.4, -0.2) is 24.1 Å². The van der Waals surface area contributed by atoms with Gasteiger partial charge >= 0.3 is 0 Å². The molecule has 3 aromatic heterocycles. The lowest BCUT2D eigenvalue weighted by atomic mass is 10.2. The molecule has 0 bridgehead atoms. The van der Waals surface area contributed by atoms with Crippen molar-refractivity contribution in [2.24, 2.45) is 7.05 Å². The Kier molecular flexibility index (Phi) is 4.67. The summed E-state index contributed by atoms with van der Waals surface area (Å²) in [6, 6.07) is 7.64. The molecule has 0 aliphatic heterocycles. The molecule has 2 N–H and O–H groups in total. The first kappa shape index (κ1) is 18.5. The topological polar surface area (TPSA) is 91.6 Å². The summed E-state index contributed by atoms with van der Waals surface area (Å²) in [5.74, 6) is 0.319. The smallest absolute Gasteiger partial charge is 0.250 e. The lowest BCUT2D eigenvalue weighted by Gasteiger charge is -2.13. The number of aromatic nitrogens is 5. The minimum Gasteiger partial charge on any atom is -0.382 e. The van der Waals surface area contributed by atoms with Gasteiger partial charge in [0.25, 0.3) is 5.56 Å². The van der Waals surface area contributed by atoms with Gasteiger partial charge in [-0.25, -0.2) is 19.3 Å². The number of nitrogens with zero attached hydrogens (tertiary/aromatic N) is 5. The number of aryl methyl sites for hydroxylation is 2. The van der Waals surface area contributed by atoms with Crippen LogP contribution in [0.2, 0.25) is 0 Å². The number of nitrogen functional groups attached to an aromatic ring is 1. The van der Waals surface area contributed by atoms with Crippen molar-refractivity contribution in [2.45, 2.75) is 6.92 Å². The van der Waals surface area contributed by atoms with Crippen LogP contribution < -0.4 is 11.3 Å². The quantitative estimate of drug-likeness (QED) is 0.571. The Hall–Kier alpha value is -3.26. The molecule has 0 fully saturated rings. The second-order valence-electron chi connectivity index (χ2n) is 6.00. The second-order valence-corrected chi connectivity index (χ2v) is 6.00. The first-order valence-corrected chi connectivity index (χ1v) is 7.88. The van der Waals surface area contributed by atoms with Crippen LogP contribution in [0.25, 0.3) is 28.2 Å². The van der Waals surface area contributed by atoms with Crippen molar-refractivity contribution in [1.82, 2.24) is 24.1 Å². The lowest BCUT2D eigenvalue weighted by Crippen LogP contribution is -2.17. The summed E-state index contributed by atoms with van der Waals surface area (Å²) in [4.78, 5) is 24.8. The summed E-state index contributed by atoms with van der Waals surface area (Å²) in [6.07, 6.45) is 3.04. The standard InChI is InChI=1S/C18H15FN6O.ClH/c1-10-6-14(26)24(2)8-13(10)25-17(11-4-3-5-12(19)7-11)23-15-16(20)21-9-22-18(15)25;/h3-9H,1-2H3,(H2,20,21,22);1H. The van der Waals surface area contributed by atoms with Gasteiger partial charge in [0.05, 0.1) is 5.69 Å². The largest absolute Gasteiger partial charge is 0.382 e. The molecule has 3 heterocycles. The van der Waals surface area contributed by atoms with E-state index in [1.54, 1.807) is 29.9 Å². The molecule has 138 valence electrons. The predicted molar refractivity (Wildman–Crippen MR) is 104 cm³/mol. The zero-order valence-corrected chi connectivity index (χ0v) is 15.4. The Morgan fingerprint density at radius 2 is 1.96 bits per heavy atom. The van der Waals surface area contributed by atoms with Crippen LogP contribution >= 0.6 is 12.4 Å². The Labute approximate surface area is 159 Å². The third-order valence-corrected chi connectivity index (χ3v) is 4.20. The number of fused-ring (bicyclic) bond motifs is 1. The van der Waals surface area contributed by atoms with Gasteiger partial charge in [-0.05, 0) is 24.6 Å². The van der Waals surface area contributed by atoms with Crippen molar-refractivity contribution >= 4 is 29.4 Å².